The topological polar surface area (TPSA) is 70.7 Å². The molecule has 2 N–H and O–H groups in total. The quantitative estimate of drug-likeness (QED) is 0.241. The van der Waals surface area contributed by atoms with Gasteiger partial charge in [0.15, 0.2) is 5.11 Å². The van der Waals surface area contributed by atoms with Gasteiger partial charge in [-0.25, -0.2) is 4.79 Å². The second kappa shape index (κ2) is 10.2. The molecule has 0 bridgehead atoms. The van der Waals surface area contributed by atoms with Crippen molar-refractivity contribution >= 4 is 46.5 Å². The first-order chi connectivity index (χ1) is 14.5. The number of rotatable bonds is 5. The Morgan fingerprint density at radius 1 is 1.17 bits per heavy atom. The van der Waals surface area contributed by atoms with Crippen LogP contribution in [0.4, 0.5) is 5.69 Å². The van der Waals surface area contributed by atoms with E-state index in [0.29, 0.717) is 18.1 Å². The van der Waals surface area contributed by atoms with Crippen molar-refractivity contribution in [2.24, 2.45) is 0 Å². The van der Waals surface area contributed by atoms with Gasteiger partial charge in [-0.2, -0.15) is 0 Å². The van der Waals surface area contributed by atoms with Crippen molar-refractivity contribution in [2.45, 2.75) is 19.9 Å². The van der Waals surface area contributed by atoms with Gasteiger partial charge in [0, 0.05) is 30.0 Å². The van der Waals surface area contributed by atoms with Gasteiger partial charge < -0.3 is 20.3 Å². The van der Waals surface area contributed by atoms with Gasteiger partial charge >= 0.3 is 5.97 Å². The Morgan fingerprint density at radius 3 is 2.57 bits per heavy atom. The van der Waals surface area contributed by atoms with Crippen LogP contribution in [0.25, 0.3) is 0 Å². The Morgan fingerprint density at radius 2 is 1.87 bits per heavy atom. The van der Waals surface area contributed by atoms with E-state index in [1.807, 2.05) is 18.2 Å². The van der Waals surface area contributed by atoms with Crippen LogP contribution in [0, 0.1) is 0 Å². The number of hydrogen-bond donors (Lipinski definition) is 2. The lowest BCUT2D eigenvalue weighted by atomic mass is 9.99. The summed E-state index contributed by atoms with van der Waals surface area (Å²) in [6.45, 7) is 2.83. The van der Waals surface area contributed by atoms with Gasteiger partial charge in [-0.3, -0.25) is 4.79 Å². The molecule has 6 nitrogen and oxygen atoms in total. The minimum atomic E-state index is -0.692. The molecule has 30 heavy (non-hydrogen) atoms. The molecule has 2 aromatic rings. The molecule has 1 aliphatic heterocycles. The van der Waals surface area contributed by atoms with Crippen molar-refractivity contribution in [1.29, 1.82) is 0 Å². The minimum Gasteiger partial charge on any atom is -0.462 e. The van der Waals surface area contributed by atoms with Crippen LogP contribution in [0.1, 0.15) is 18.1 Å². The number of fused-ring (bicyclic) bond motifs is 1. The van der Waals surface area contributed by atoms with Gasteiger partial charge in [0.2, 0.25) is 0 Å². The third-order valence-electron chi connectivity index (χ3n) is 4.59. The van der Waals surface area contributed by atoms with Crippen LogP contribution in [0.3, 0.4) is 0 Å². The zero-order valence-corrected chi connectivity index (χ0v) is 18.1. The molecule has 0 saturated heterocycles. The highest BCUT2D eigenvalue weighted by Gasteiger charge is 2.28. The number of esters is 1. The number of benzene rings is 2. The number of amides is 1. The Hall–Kier alpha value is -2.90. The molecule has 0 radical (unpaired) electrons. The fourth-order valence-corrected chi connectivity index (χ4v) is 3.40. The van der Waals surface area contributed by atoms with Gasteiger partial charge in [0.1, 0.15) is 5.57 Å². The summed E-state index contributed by atoms with van der Waals surface area (Å²) in [4.78, 5) is 27.1. The lowest BCUT2D eigenvalue weighted by Gasteiger charge is -2.29. The van der Waals surface area contributed by atoms with E-state index < -0.39 is 11.9 Å². The van der Waals surface area contributed by atoms with E-state index in [4.69, 9.17) is 28.6 Å². The van der Waals surface area contributed by atoms with Crippen LogP contribution in [0.15, 0.2) is 60.3 Å². The predicted octanol–water partition coefficient (Wildman–Crippen LogP) is 3.66. The van der Waals surface area contributed by atoms with E-state index in [2.05, 4.69) is 16.7 Å². The van der Waals surface area contributed by atoms with E-state index >= 15 is 0 Å². The summed E-state index contributed by atoms with van der Waals surface area (Å²) in [5, 5.41) is 6.61. The fourth-order valence-electron chi connectivity index (χ4n) is 3.09. The molecule has 0 aromatic heterocycles. The molecule has 8 heteroatoms. The Bertz CT molecular complexity index is 976. The Kier molecular flexibility index (Phi) is 7.43. The van der Waals surface area contributed by atoms with Crippen molar-refractivity contribution in [1.82, 2.24) is 10.2 Å². The molecule has 0 unspecified atom stereocenters. The number of hydrogen-bond acceptors (Lipinski definition) is 4. The first-order valence-corrected chi connectivity index (χ1v) is 10.3. The molecule has 0 spiro atoms. The summed E-state index contributed by atoms with van der Waals surface area (Å²) in [6.07, 6.45) is 2.04. The molecular formula is C22H22ClN3O3S. The smallest absolute Gasteiger partial charge is 0.345 e. The summed E-state index contributed by atoms with van der Waals surface area (Å²) in [5.41, 5.74) is 2.92. The maximum atomic E-state index is 13.1. The highest BCUT2D eigenvalue weighted by Crippen LogP contribution is 2.20. The molecule has 1 heterocycles. The molecule has 2 aromatic carbocycles. The normalized spacial score (nSPS) is 13.3. The summed E-state index contributed by atoms with van der Waals surface area (Å²) in [5.74, 6) is -1.09. The van der Waals surface area contributed by atoms with Crippen LogP contribution in [0.5, 0.6) is 0 Å². The van der Waals surface area contributed by atoms with Crippen molar-refractivity contribution < 1.29 is 14.3 Å². The predicted molar refractivity (Wildman–Crippen MR) is 121 cm³/mol. The molecular weight excluding hydrogens is 422 g/mol. The molecule has 156 valence electrons. The number of halogens is 1. The first-order valence-electron chi connectivity index (χ1n) is 9.54. The maximum Gasteiger partial charge on any atom is 0.345 e. The Balaban J connectivity index is 1.72. The molecule has 0 aliphatic carbocycles. The average molecular weight is 444 g/mol. The largest absolute Gasteiger partial charge is 0.462 e. The van der Waals surface area contributed by atoms with E-state index in [0.717, 1.165) is 17.7 Å². The first kappa shape index (κ1) is 21.8. The SMILES string of the molecule is CCOC(=O)C(=CNC(=S)Nc1ccc(Cl)cc1)C(=O)N1CCc2ccccc2C1. The van der Waals surface area contributed by atoms with Gasteiger partial charge in [-0.15, -0.1) is 0 Å². The number of nitrogens with one attached hydrogen (secondary N) is 2. The number of ether oxygens (including phenoxy) is 1. The highest BCUT2D eigenvalue weighted by atomic mass is 35.5. The van der Waals surface area contributed by atoms with Gasteiger partial charge in [0.05, 0.1) is 6.61 Å². The summed E-state index contributed by atoms with van der Waals surface area (Å²) in [7, 11) is 0. The van der Waals surface area contributed by atoms with E-state index in [1.165, 1.54) is 11.8 Å². The number of thiocarbonyl (C=S) groups is 1. The summed E-state index contributed by atoms with van der Waals surface area (Å²) >= 11 is 11.1. The Labute approximate surface area is 185 Å². The third-order valence-corrected chi connectivity index (χ3v) is 5.07. The molecule has 0 saturated carbocycles. The molecule has 0 fully saturated rings. The lowest BCUT2D eigenvalue weighted by Crippen LogP contribution is -2.39. The van der Waals surface area contributed by atoms with Crippen LogP contribution in [0.2, 0.25) is 5.02 Å². The van der Waals surface area contributed by atoms with Gasteiger partial charge in [0.25, 0.3) is 5.91 Å². The second-order valence-corrected chi connectivity index (χ2v) is 7.47. The van der Waals surface area contributed by atoms with Gasteiger partial charge in [-0.05, 0) is 61.0 Å². The van der Waals surface area contributed by atoms with Crippen molar-refractivity contribution in [2.75, 3.05) is 18.5 Å². The molecule has 1 aliphatic rings. The van der Waals surface area contributed by atoms with Crippen LogP contribution in [-0.4, -0.2) is 35.0 Å². The average Bonchev–Trinajstić information content (AvgIpc) is 2.75. The van der Waals surface area contributed by atoms with Gasteiger partial charge in [-0.1, -0.05) is 35.9 Å². The maximum absolute atomic E-state index is 13.1. The number of nitrogens with zero attached hydrogens (tertiary/aromatic N) is 1. The fraction of sp³-hybridized carbons (Fsp3) is 0.227. The number of anilines is 1. The molecule has 1 amide bonds. The third kappa shape index (κ3) is 5.58. The van der Waals surface area contributed by atoms with E-state index in [9.17, 15) is 9.59 Å². The monoisotopic (exact) mass is 443 g/mol. The highest BCUT2D eigenvalue weighted by molar-refractivity contribution is 7.80. The van der Waals surface area contributed by atoms with Crippen molar-refractivity contribution in [3.63, 3.8) is 0 Å². The summed E-state index contributed by atoms with van der Waals surface area (Å²) in [6, 6.07) is 15.0. The minimum absolute atomic E-state index is 0.100. The standard InChI is InChI=1S/C22H22ClN3O3S/c1-2-29-21(28)19(13-24-22(30)25-18-9-7-17(23)8-10-18)20(27)26-12-11-15-5-3-4-6-16(15)14-26/h3-10,13H,2,11-12,14H2,1H3,(H2,24,25,30). The zero-order valence-electron chi connectivity index (χ0n) is 16.5. The number of carbonyl (C=O) groups is 2. The second-order valence-electron chi connectivity index (χ2n) is 6.63. The van der Waals surface area contributed by atoms with Crippen molar-refractivity contribution in [3.05, 3.63) is 76.5 Å². The van der Waals surface area contributed by atoms with Crippen molar-refractivity contribution in [3.8, 4) is 0 Å². The molecule has 0 atom stereocenters. The summed E-state index contributed by atoms with van der Waals surface area (Å²) < 4.78 is 5.08. The van der Waals surface area contributed by atoms with Crippen LogP contribution >= 0.6 is 23.8 Å². The zero-order chi connectivity index (χ0) is 21.5. The van der Waals surface area contributed by atoms with E-state index in [1.54, 1.807) is 36.1 Å². The lowest BCUT2D eigenvalue weighted by molar-refractivity contribution is -0.142. The van der Waals surface area contributed by atoms with E-state index in [-0.39, 0.29) is 17.3 Å². The number of carbonyl (C=O) groups excluding carboxylic acids is 2. The molecule has 3 rings (SSSR count). The van der Waals surface area contributed by atoms with Crippen LogP contribution < -0.4 is 10.6 Å². The van der Waals surface area contributed by atoms with Crippen LogP contribution in [-0.2, 0) is 27.3 Å².